The lowest BCUT2D eigenvalue weighted by Crippen LogP contribution is -2.30. The van der Waals surface area contributed by atoms with E-state index < -0.39 is 0 Å². The van der Waals surface area contributed by atoms with Crippen LogP contribution in [0.2, 0.25) is 0 Å². The molecule has 0 spiro atoms. The Morgan fingerprint density at radius 2 is 1.52 bits per heavy atom. The van der Waals surface area contributed by atoms with Crippen molar-refractivity contribution in [2.45, 2.75) is 40.5 Å². The molecule has 1 aromatic rings. The molecule has 0 saturated heterocycles. The molecule has 0 radical (unpaired) electrons. The minimum Gasteiger partial charge on any atom is -0.372 e. The number of Topliss-reactive ketones (excluding diaryl/α,β-unsaturated/α-hetero) is 1. The van der Waals surface area contributed by atoms with Gasteiger partial charge in [0.25, 0.3) is 0 Å². The highest BCUT2D eigenvalue weighted by atomic mass is 16.1. The van der Waals surface area contributed by atoms with E-state index in [0.717, 1.165) is 38.3 Å². The van der Waals surface area contributed by atoms with E-state index in [0.29, 0.717) is 6.42 Å². The van der Waals surface area contributed by atoms with Crippen LogP contribution in [0.1, 0.15) is 50.9 Å². The van der Waals surface area contributed by atoms with Gasteiger partial charge in [-0.2, -0.15) is 0 Å². The lowest BCUT2D eigenvalue weighted by molar-refractivity contribution is 0.0988. The second-order valence-electron chi connectivity index (χ2n) is 5.28. The maximum absolute atomic E-state index is 11.7. The van der Waals surface area contributed by atoms with E-state index in [1.165, 1.54) is 12.1 Å². The summed E-state index contributed by atoms with van der Waals surface area (Å²) in [5, 5.41) is 0. The molecule has 118 valence electrons. The van der Waals surface area contributed by atoms with Gasteiger partial charge < -0.3 is 9.80 Å². The molecule has 0 atom stereocenters. The van der Waals surface area contributed by atoms with E-state index in [9.17, 15) is 4.79 Å². The smallest absolute Gasteiger partial charge is 0.162 e. The molecule has 1 rings (SSSR count). The van der Waals surface area contributed by atoms with Crippen LogP contribution in [0.5, 0.6) is 0 Å². The predicted octanol–water partition coefficient (Wildman–Crippen LogP) is 3.84. The zero-order chi connectivity index (χ0) is 15.7. The Labute approximate surface area is 129 Å². The van der Waals surface area contributed by atoms with E-state index in [1.54, 1.807) is 0 Å². The fourth-order valence-electron chi connectivity index (χ4n) is 2.56. The SMILES string of the molecule is CCC(=O)c1ccc(N(CC)CCCN(CC)CC)cc1. The van der Waals surface area contributed by atoms with E-state index >= 15 is 0 Å². The summed E-state index contributed by atoms with van der Waals surface area (Å²) < 4.78 is 0. The monoisotopic (exact) mass is 290 g/mol. The van der Waals surface area contributed by atoms with Crippen molar-refractivity contribution in [2.75, 3.05) is 37.6 Å². The molecule has 0 amide bonds. The second-order valence-corrected chi connectivity index (χ2v) is 5.28. The molecule has 0 aliphatic heterocycles. The van der Waals surface area contributed by atoms with Gasteiger partial charge in [-0.1, -0.05) is 20.8 Å². The summed E-state index contributed by atoms with van der Waals surface area (Å²) in [5.41, 5.74) is 2.03. The van der Waals surface area contributed by atoms with Gasteiger partial charge >= 0.3 is 0 Å². The molecular formula is C18H30N2O. The Bertz CT molecular complexity index is 410. The maximum Gasteiger partial charge on any atom is 0.162 e. The topological polar surface area (TPSA) is 23.6 Å². The summed E-state index contributed by atoms with van der Waals surface area (Å²) >= 11 is 0. The molecule has 0 aliphatic carbocycles. The molecule has 0 unspecified atom stereocenters. The molecule has 0 saturated carbocycles. The molecular weight excluding hydrogens is 260 g/mol. The van der Waals surface area contributed by atoms with E-state index in [2.05, 4.69) is 42.7 Å². The highest BCUT2D eigenvalue weighted by Crippen LogP contribution is 2.16. The quantitative estimate of drug-likeness (QED) is 0.612. The Morgan fingerprint density at radius 1 is 0.905 bits per heavy atom. The standard InChI is InChI=1S/C18H30N2O/c1-5-18(21)16-10-12-17(13-11-16)20(8-4)15-9-14-19(6-2)7-3/h10-13H,5-9,14-15H2,1-4H3. The summed E-state index contributed by atoms with van der Waals surface area (Å²) in [5.74, 6) is 0.214. The number of hydrogen-bond donors (Lipinski definition) is 0. The predicted molar refractivity (Wildman–Crippen MR) is 91.4 cm³/mol. The van der Waals surface area contributed by atoms with Crippen molar-refractivity contribution < 1.29 is 4.79 Å². The van der Waals surface area contributed by atoms with Crippen molar-refractivity contribution in [3.8, 4) is 0 Å². The van der Waals surface area contributed by atoms with Crippen LogP contribution < -0.4 is 4.90 Å². The summed E-state index contributed by atoms with van der Waals surface area (Å²) in [6.45, 7) is 14.0. The first kappa shape index (κ1) is 17.7. The molecule has 1 aromatic carbocycles. The lowest BCUT2D eigenvalue weighted by Gasteiger charge is -2.25. The van der Waals surface area contributed by atoms with Crippen molar-refractivity contribution in [1.29, 1.82) is 0 Å². The van der Waals surface area contributed by atoms with Crippen LogP contribution in [0.15, 0.2) is 24.3 Å². The number of anilines is 1. The first-order valence-electron chi connectivity index (χ1n) is 8.26. The summed E-state index contributed by atoms with van der Waals surface area (Å²) in [7, 11) is 0. The van der Waals surface area contributed by atoms with Gasteiger partial charge in [-0.15, -0.1) is 0 Å². The second kappa shape index (κ2) is 9.56. The van der Waals surface area contributed by atoms with Gasteiger partial charge in [0.05, 0.1) is 0 Å². The van der Waals surface area contributed by atoms with Gasteiger partial charge in [0.1, 0.15) is 0 Å². The Kier molecular flexibility index (Phi) is 8.06. The third-order valence-electron chi connectivity index (χ3n) is 4.05. The fourth-order valence-corrected chi connectivity index (χ4v) is 2.56. The number of carbonyl (C=O) groups is 1. The number of benzene rings is 1. The van der Waals surface area contributed by atoms with Gasteiger partial charge in [0.2, 0.25) is 0 Å². The van der Waals surface area contributed by atoms with Gasteiger partial charge in [0.15, 0.2) is 5.78 Å². The molecule has 0 fully saturated rings. The van der Waals surface area contributed by atoms with E-state index in [4.69, 9.17) is 0 Å². The van der Waals surface area contributed by atoms with Gasteiger partial charge in [-0.3, -0.25) is 4.79 Å². The maximum atomic E-state index is 11.7. The Hall–Kier alpha value is -1.35. The summed E-state index contributed by atoms with van der Waals surface area (Å²) in [6, 6.07) is 8.05. The molecule has 0 N–H and O–H groups in total. The average Bonchev–Trinajstić information content (AvgIpc) is 2.55. The molecule has 0 aliphatic rings. The largest absolute Gasteiger partial charge is 0.372 e. The first-order valence-corrected chi connectivity index (χ1v) is 8.26. The summed E-state index contributed by atoms with van der Waals surface area (Å²) in [4.78, 5) is 16.5. The number of carbonyl (C=O) groups excluding carboxylic acids is 1. The lowest BCUT2D eigenvalue weighted by atomic mass is 10.1. The van der Waals surface area contributed by atoms with Crippen LogP contribution >= 0.6 is 0 Å². The molecule has 3 nitrogen and oxygen atoms in total. The molecule has 3 heteroatoms. The van der Waals surface area contributed by atoms with Crippen molar-refractivity contribution in [1.82, 2.24) is 4.90 Å². The molecule has 0 aromatic heterocycles. The van der Waals surface area contributed by atoms with Crippen LogP contribution in [-0.2, 0) is 0 Å². The number of nitrogens with zero attached hydrogens (tertiary/aromatic N) is 2. The van der Waals surface area contributed by atoms with Crippen LogP contribution in [-0.4, -0.2) is 43.4 Å². The minimum absolute atomic E-state index is 0.214. The third-order valence-corrected chi connectivity index (χ3v) is 4.05. The normalized spacial score (nSPS) is 10.9. The van der Waals surface area contributed by atoms with Crippen LogP contribution in [0.4, 0.5) is 5.69 Å². The number of ketones is 1. The fraction of sp³-hybridized carbons (Fsp3) is 0.611. The van der Waals surface area contributed by atoms with Gasteiger partial charge in [0, 0.05) is 30.8 Å². The van der Waals surface area contributed by atoms with Crippen molar-refractivity contribution >= 4 is 11.5 Å². The van der Waals surface area contributed by atoms with E-state index in [1.807, 2.05) is 19.1 Å². The van der Waals surface area contributed by atoms with Crippen LogP contribution in [0.3, 0.4) is 0 Å². The molecule has 0 bridgehead atoms. The molecule has 0 heterocycles. The first-order chi connectivity index (χ1) is 10.2. The van der Waals surface area contributed by atoms with Crippen LogP contribution in [0.25, 0.3) is 0 Å². The highest BCUT2D eigenvalue weighted by Gasteiger charge is 2.07. The molecule has 21 heavy (non-hydrogen) atoms. The van der Waals surface area contributed by atoms with Gasteiger partial charge in [-0.25, -0.2) is 0 Å². The van der Waals surface area contributed by atoms with Crippen molar-refractivity contribution in [2.24, 2.45) is 0 Å². The summed E-state index contributed by atoms with van der Waals surface area (Å²) in [6.07, 6.45) is 1.74. The van der Waals surface area contributed by atoms with Crippen molar-refractivity contribution in [3.63, 3.8) is 0 Å². The Balaban J connectivity index is 2.57. The minimum atomic E-state index is 0.214. The number of rotatable bonds is 10. The highest BCUT2D eigenvalue weighted by molar-refractivity contribution is 5.96. The van der Waals surface area contributed by atoms with Gasteiger partial charge in [-0.05, 0) is 57.2 Å². The van der Waals surface area contributed by atoms with Crippen LogP contribution in [0, 0.1) is 0 Å². The van der Waals surface area contributed by atoms with E-state index in [-0.39, 0.29) is 5.78 Å². The Morgan fingerprint density at radius 3 is 2.00 bits per heavy atom. The third kappa shape index (κ3) is 5.50. The number of hydrogen-bond acceptors (Lipinski definition) is 3. The van der Waals surface area contributed by atoms with Crippen molar-refractivity contribution in [3.05, 3.63) is 29.8 Å². The zero-order valence-corrected chi connectivity index (χ0v) is 14.1. The average molecular weight is 290 g/mol. The zero-order valence-electron chi connectivity index (χ0n) is 14.1.